The van der Waals surface area contributed by atoms with Crippen molar-refractivity contribution in [3.8, 4) is 0 Å². The van der Waals surface area contributed by atoms with Gasteiger partial charge in [-0.15, -0.1) is 11.6 Å². The largest absolute Gasteiger partial charge is 0.313 e. The van der Waals surface area contributed by atoms with Crippen LogP contribution >= 0.6 is 11.6 Å². The van der Waals surface area contributed by atoms with E-state index in [0.29, 0.717) is 0 Å². The Balaban J connectivity index is 2.33. The van der Waals surface area contributed by atoms with Gasteiger partial charge in [-0.2, -0.15) is 0 Å². The van der Waals surface area contributed by atoms with Crippen LogP contribution in [0.1, 0.15) is 31.4 Å². The van der Waals surface area contributed by atoms with Gasteiger partial charge in [-0.25, -0.2) is 0 Å². The summed E-state index contributed by atoms with van der Waals surface area (Å²) in [6, 6.07) is 8.90. The first-order valence-corrected chi connectivity index (χ1v) is 6.60. The summed E-state index contributed by atoms with van der Waals surface area (Å²) in [5.74, 6) is 1.47. The van der Waals surface area contributed by atoms with Gasteiger partial charge in [-0.05, 0) is 36.4 Å². The molecule has 0 bridgehead atoms. The molecule has 2 heteroatoms. The average Bonchev–Trinajstić information content (AvgIpc) is 2.26. The first-order chi connectivity index (χ1) is 7.72. The Morgan fingerprint density at radius 1 is 1.12 bits per heavy atom. The standard InChI is InChI=1S/C14H22ClN/c1-12(2)10-13-4-6-14(7-5-13)11-16-9-3-8-15/h4-7,12,16H,3,8-11H2,1-2H3. The third-order valence-corrected chi connectivity index (χ3v) is 2.75. The second-order valence-corrected chi connectivity index (χ2v) is 5.01. The molecular weight excluding hydrogens is 218 g/mol. The van der Waals surface area contributed by atoms with Crippen molar-refractivity contribution in [3.63, 3.8) is 0 Å². The monoisotopic (exact) mass is 239 g/mol. The first kappa shape index (κ1) is 13.5. The summed E-state index contributed by atoms with van der Waals surface area (Å²) < 4.78 is 0. The highest BCUT2D eigenvalue weighted by Crippen LogP contribution is 2.09. The van der Waals surface area contributed by atoms with Gasteiger partial charge in [0, 0.05) is 12.4 Å². The van der Waals surface area contributed by atoms with Crippen LogP contribution in [0, 0.1) is 5.92 Å². The zero-order valence-corrected chi connectivity index (χ0v) is 11.1. The van der Waals surface area contributed by atoms with Crippen molar-refractivity contribution < 1.29 is 0 Å². The lowest BCUT2D eigenvalue weighted by molar-refractivity contribution is 0.646. The number of halogens is 1. The van der Waals surface area contributed by atoms with Crippen LogP contribution in [-0.2, 0) is 13.0 Å². The summed E-state index contributed by atoms with van der Waals surface area (Å²) in [7, 11) is 0. The number of benzene rings is 1. The third-order valence-electron chi connectivity index (χ3n) is 2.48. The van der Waals surface area contributed by atoms with Crippen LogP contribution in [-0.4, -0.2) is 12.4 Å². The van der Waals surface area contributed by atoms with Gasteiger partial charge in [0.05, 0.1) is 0 Å². The molecule has 0 aromatic heterocycles. The highest BCUT2D eigenvalue weighted by atomic mass is 35.5. The van der Waals surface area contributed by atoms with E-state index in [0.717, 1.165) is 31.3 Å². The van der Waals surface area contributed by atoms with E-state index in [9.17, 15) is 0 Å². The molecule has 0 fully saturated rings. The van der Waals surface area contributed by atoms with Crippen molar-refractivity contribution in [3.05, 3.63) is 35.4 Å². The molecule has 0 aliphatic carbocycles. The lowest BCUT2D eigenvalue weighted by atomic mass is 10.0. The predicted molar refractivity (Wildman–Crippen MR) is 72.0 cm³/mol. The van der Waals surface area contributed by atoms with E-state index in [1.54, 1.807) is 0 Å². The van der Waals surface area contributed by atoms with Gasteiger partial charge in [0.1, 0.15) is 0 Å². The maximum absolute atomic E-state index is 5.61. The SMILES string of the molecule is CC(C)Cc1ccc(CNCCCCl)cc1. The predicted octanol–water partition coefficient (Wildman–Crippen LogP) is 3.60. The van der Waals surface area contributed by atoms with Gasteiger partial charge in [0.15, 0.2) is 0 Å². The highest BCUT2D eigenvalue weighted by molar-refractivity contribution is 6.17. The van der Waals surface area contributed by atoms with E-state index >= 15 is 0 Å². The van der Waals surface area contributed by atoms with Gasteiger partial charge in [0.25, 0.3) is 0 Å². The molecule has 0 spiro atoms. The number of rotatable bonds is 7. The molecule has 90 valence electrons. The highest BCUT2D eigenvalue weighted by Gasteiger charge is 1.98. The molecule has 0 aliphatic heterocycles. The second kappa shape index (κ2) is 7.70. The lowest BCUT2D eigenvalue weighted by Crippen LogP contribution is -2.14. The van der Waals surface area contributed by atoms with Crippen molar-refractivity contribution in [2.45, 2.75) is 33.2 Å². The maximum Gasteiger partial charge on any atom is 0.0235 e. The Kier molecular flexibility index (Phi) is 6.51. The second-order valence-electron chi connectivity index (χ2n) is 4.63. The summed E-state index contributed by atoms with van der Waals surface area (Å²) >= 11 is 5.61. The summed E-state index contributed by atoms with van der Waals surface area (Å²) in [6.45, 7) is 6.44. The average molecular weight is 240 g/mol. The van der Waals surface area contributed by atoms with Crippen molar-refractivity contribution >= 4 is 11.6 Å². The van der Waals surface area contributed by atoms with Crippen molar-refractivity contribution in [1.82, 2.24) is 5.32 Å². The zero-order valence-electron chi connectivity index (χ0n) is 10.3. The van der Waals surface area contributed by atoms with Crippen molar-refractivity contribution in [2.75, 3.05) is 12.4 Å². The molecule has 0 atom stereocenters. The molecule has 0 amide bonds. The Morgan fingerprint density at radius 3 is 2.31 bits per heavy atom. The van der Waals surface area contributed by atoms with E-state index in [2.05, 4.69) is 43.4 Å². The topological polar surface area (TPSA) is 12.0 Å². The number of alkyl halides is 1. The fraction of sp³-hybridized carbons (Fsp3) is 0.571. The molecule has 0 heterocycles. The molecule has 0 aliphatic rings. The summed E-state index contributed by atoms with van der Waals surface area (Å²) in [6.07, 6.45) is 2.20. The summed E-state index contributed by atoms with van der Waals surface area (Å²) in [5, 5.41) is 3.38. The quantitative estimate of drug-likeness (QED) is 0.566. The van der Waals surface area contributed by atoms with Gasteiger partial charge in [-0.1, -0.05) is 38.1 Å². The zero-order chi connectivity index (χ0) is 11.8. The third kappa shape index (κ3) is 5.53. The molecule has 0 radical (unpaired) electrons. The Morgan fingerprint density at radius 2 is 1.75 bits per heavy atom. The first-order valence-electron chi connectivity index (χ1n) is 6.07. The van der Waals surface area contributed by atoms with Crippen LogP contribution in [0.3, 0.4) is 0 Å². The van der Waals surface area contributed by atoms with E-state index < -0.39 is 0 Å². The Bertz CT molecular complexity index is 279. The van der Waals surface area contributed by atoms with E-state index in [1.807, 2.05) is 0 Å². The Hall–Kier alpha value is -0.530. The van der Waals surface area contributed by atoms with Crippen LogP contribution in [0.4, 0.5) is 0 Å². The van der Waals surface area contributed by atoms with Crippen molar-refractivity contribution in [1.29, 1.82) is 0 Å². The molecule has 1 nitrogen and oxygen atoms in total. The number of nitrogens with one attached hydrogen (secondary N) is 1. The summed E-state index contributed by atoms with van der Waals surface area (Å²) in [4.78, 5) is 0. The molecule has 1 aromatic rings. The van der Waals surface area contributed by atoms with Crippen LogP contribution in [0.2, 0.25) is 0 Å². The number of hydrogen-bond acceptors (Lipinski definition) is 1. The molecule has 1 N–H and O–H groups in total. The normalized spacial score (nSPS) is 11.0. The molecular formula is C14H22ClN. The molecule has 0 saturated carbocycles. The minimum atomic E-state index is 0.729. The van der Waals surface area contributed by atoms with Crippen LogP contribution < -0.4 is 5.32 Å². The fourth-order valence-electron chi connectivity index (χ4n) is 1.69. The minimum absolute atomic E-state index is 0.729. The Labute approximate surface area is 104 Å². The van der Waals surface area contributed by atoms with Crippen LogP contribution in [0.5, 0.6) is 0 Å². The van der Waals surface area contributed by atoms with Gasteiger partial charge in [-0.3, -0.25) is 0 Å². The number of hydrogen-bond donors (Lipinski definition) is 1. The maximum atomic E-state index is 5.61. The van der Waals surface area contributed by atoms with Gasteiger partial charge < -0.3 is 5.32 Å². The van der Waals surface area contributed by atoms with Gasteiger partial charge in [0.2, 0.25) is 0 Å². The molecule has 1 rings (SSSR count). The van der Waals surface area contributed by atoms with E-state index in [1.165, 1.54) is 17.5 Å². The van der Waals surface area contributed by atoms with E-state index in [4.69, 9.17) is 11.6 Å². The minimum Gasteiger partial charge on any atom is -0.313 e. The fourth-order valence-corrected chi connectivity index (χ4v) is 1.82. The summed E-state index contributed by atoms with van der Waals surface area (Å²) in [5.41, 5.74) is 2.78. The van der Waals surface area contributed by atoms with Gasteiger partial charge >= 0.3 is 0 Å². The molecule has 16 heavy (non-hydrogen) atoms. The molecule has 0 unspecified atom stereocenters. The van der Waals surface area contributed by atoms with Crippen molar-refractivity contribution in [2.24, 2.45) is 5.92 Å². The van der Waals surface area contributed by atoms with E-state index in [-0.39, 0.29) is 0 Å². The van der Waals surface area contributed by atoms with Crippen LogP contribution in [0.15, 0.2) is 24.3 Å². The smallest absolute Gasteiger partial charge is 0.0235 e. The molecule has 0 saturated heterocycles. The molecule has 1 aromatic carbocycles. The lowest BCUT2D eigenvalue weighted by Gasteiger charge is -2.07. The van der Waals surface area contributed by atoms with Crippen LogP contribution in [0.25, 0.3) is 0 Å².